The maximum absolute atomic E-state index is 5.58. The predicted octanol–water partition coefficient (Wildman–Crippen LogP) is 0.653. The quantitative estimate of drug-likeness (QED) is 0.458. The van der Waals surface area contributed by atoms with E-state index < -0.39 is 0 Å². The molecule has 0 aromatic rings. The van der Waals surface area contributed by atoms with E-state index in [2.05, 4.69) is 19.3 Å². The lowest BCUT2D eigenvalue weighted by Gasteiger charge is -2.31. The van der Waals surface area contributed by atoms with Crippen LogP contribution in [-0.2, 0) is 4.74 Å². The smallest absolute Gasteiger partial charge is 0.0613 e. The SMILES string of the molecule is CC(C)C1CC(NN)CCO1. The summed E-state index contributed by atoms with van der Waals surface area (Å²) in [6.07, 6.45) is 2.48. The molecule has 0 radical (unpaired) electrons. The third kappa shape index (κ3) is 2.43. The molecule has 0 bridgehead atoms. The Hall–Kier alpha value is -0.120. The molecular formula is C8H18N2O. The van der Waals surface area contributed by atoms with Gasteiger partial charge in [0.15, 0.2) is 0 Å². The highest BCUT2D eigenvalue weighted by Crippen LogP contribution is 2.19. The van der Waals surface area contributed by atoms with Crippen LogP contribution in [0.25, 0.3) is 0 Å². The van der Waals surface area contributed by atoms with Crippen molar-refractivity contribution in [2.75, 3.05) is 6.61 Å². The molecule has 1 rings (SSSR count). The van der Waals surface area contributed by atoms with Crippen LogP contribution in [0.1, 0.15) is 26.7 Å². The minimum absolute atomic E-state index is 0.393. The van der Waals surface area contributed by atoms with Crippen LogP contribution in [0.5, 0.6) is 0 Å². The van der Waals surface area contributed by atoms with E-state index in [1.54, 1.807) is 0 Å². The molecule has 0 aromatic carbocycles. The van der Waals surface area contributed by atoms with Gasteiger partial charge in [0.2, 0.25) is 0 Å². The van der Waals surface area contributed by atoms with Crippen molar-refractivity contribution in [3.8, 4) is 0 Å². The summed E-state index contributed by atoms with van der Waals surface area (Å²) < 4.78 is 5.58. The Morgan fingerprint density at radius 2 is 2.27 bits per heavy atom. The second kappa shape index (κ2) is 4.04. The second-order valence-corrected chi connectivity index (χ2v) is 3.54. The predicted molar refractivity (Wildman–Crippen MR) is 44.9 cm³/mol. The molecule has 3 heteroatoms. The van der Waals surface area contributed by atoms with E-state index in [0.29, 0.717) is 18.1 Å². The van der Waals surface area contributed by atoms with E-state index in [-0.39, 0.29) is 0 Å². The lowest BCUT2D eigenvalue weighted by Crippen LogP contribution is -2.43. The third-order valence-corrected chi connectivity index (χ3v) is 2.29. The Morgan fingerprint density at radius 1 is 1.55 bits per heavy atom. The van der Waals surface area contributed by atoms with Crippen LogP contribution in [-0.4, -0.2) is 18.8 Å². The number of hydrogen-bond acceptors (Lipinski definition) is 3. The van der Waals surface area contributed by atoms with Gasteiger partial charge in [-0.1, -0.05) is 13.8 Å². The molecule has 1 fully saturated rings. The Balaban J connectivity index is 2.33. The van der Waals surface area contributed by atoms with Gasteiger partial charge >= 0.3 is 0 Å². The molecule has 2 unspecified atom stereocenters. The number of rotatable bonds is 2. The minimum Gasteiger partial charge on any atom is -0.378 e. The lowest BCUT2D eigenvalue weighted by molar-refractivity contribution is -0.0243. The first-order valence-corrected chi connectivity index (χ1v) is 4.31. The van der Waals surface area contributed by atoms with Crippen molar-refractivity contribution in [1.29, 1.82) is 0 Å². The van der Waals surface area contributed by atoms with Gasteiger partial charge in [0.05, 0.1) is 6.10 Å². The van der Waals surface area contributed by atoms with Crippen LogP contribution in [0.15, 0.2) is 0 Å². The van der Waals surface area contributed by atoms with Crippen LogP contribution >= 0.6 is 0 Å². The molecule has 1 saturated heterocycles. The van der Waals surface area contributed by atoms with E-state index in [1.165, 1.54) is 0 Å². The fourth-order valence-electron chi connectivity index (χ4n) is 1.44. The van der Waals surface area contributed by atoms with Gasteiger partial charge in [0, 0.05) is 12.6 Å². The highest BCUT2D eigenvalue weighted by molar-refractivity contribution is 4.76. The third-order valence-electron chi connectivity index (χ3n) is 2.29. The van der Waals surface area contributed by atoms with Crippen molar-refractivity contribution in [3.05, 3.63) is 0 Å². The van der Waals surface area contributed by atoms with Crippen molar-refractivity contribution < 1.29 is 4.74 Å². The van der Waals surface area contributed by atoms with Gasteiger partial charge in [-0.15, -0.1) is 0 Å². The minimum atomic E-state index is 0.393. The summed E-state index contributed by atoms with van der Waals surface area (Å²) in [5.74, 6) is 5.96. The summed E-state index contributed by atoms with van der Waals surface area (Å²) in [6.45, 7) is 5.21. The molecule has 0 aliphatic carbocycles. The molecule has 0 amide bonds. The van der Waals surface area contributed by atoms with Crippen molar-refractivity contribution in [1.82, 2.24) is 5.43 Å². The van der Waals surface area contributed by atoms with Gasteiger partial charge in [-0.25, -0.2) is 0 Å². The first-order valence-electron chi connectivity index (χ1n) is 4.31. The number of nitrogens with one attached hydrogen (secondary N) is 1. The number of ether oxygens (including phenoxy) is 1. The number of nitrogens with two attached hydrogens (primary N) is 1. The van der Waals surface area contributed by atoms with Crippen LogP contribution in [0.3, 0.4) is 0 Å². The monoisotopic (exact) mass is 158 g/mol. The van der Waals surface area contributed by atoms with Crippen LogP contribution in [0.4, 0.5) is 0 Å². The molecule has 0 aromatic heterocycles. The molecule has 11 heavy (non-hydrogen) atoms. The summed E-state index contributed by atoms with van der Waals surface area (Å²) in [6, 6.07) is 0.455. The summed E-state index contributed by atoms with van der Waals surface area (Å²) in [5, 5.41) is 0. The molecule has 3 N–H and O–H groups in total. The summed E-state index contributed by atoms with van der Waals surface area (Å²) in [7, 11) is 0. The zero-order chi connectivity index (χ0) is 8.27. The Labute approximate surface area is 68.3 Å². The van der Waals surface area contributed by atoms with Gasteiger partial charge in [-0.3, -0.25) is 11.3 Å². The second-order valence-electron chi connectivity index (χ2n) is 3.54. The average Bonchev–Trinajstić information content (AvgIpc) is 2.05. The Morgan fingerprint density at radius 3 is 2.82 bits per heavy atom. The first-order chi connectivity index (χ1) is 5.24. The molecule has 66 valence electrons. The Bertz CT molecular complexity index is 117. The van der Waals surface area contributed by atoms with E-state index in [1.807, 2.05) is 0 Å². The van der Waals surface area contributed by atoms with Crippen molar-refractivity contribution >= 4 is 0 Å². The molecule has 2 atom stereocenters. The van der Waals surface area contributed by atoms with Crippen LogP contribution < -0.4 is 11.3 Å². The molecule has 1 aliphatic rings. The molecule has 3 nitrogen and oxygen atoms in total. The highest BCUT2D eigenvalue weighted by Gasteiger charge is 2.23. The van der Waals surface area contributed by atoms with Gasteiger partial charge in [-0.05, 0) is 18.8 Å². The average molecular weight is 158 g/mol. The van der Waals surface area contributed by atoms with E-state index >= 15 is 0 Å². The fourth-order valence-corrected chi connectivity index (χ4v) is 1.44. The summed E-state index contributed by atoms with van der Waals surface area (Å²) in [5.41, 5.74) is 2.81. The number of hydrogen-bond donors (Lipinski definition) is 2. The van der Waals surface area contributed by atoms with Crippen molar-refractivity contribution in [2.24, 2.45) is 11.8 Å². The van der Waals surface area contributed by atoms with E-state index in [9.17, 15) is 0 Å². The maximum Gasteiger partial charge on any atom is 0.0613 e. The van der Waals surface area contributed by atoms with Gasteiger partial charge in [0.1, 0.15) is 0 Å². The van der Waals surface area contributed by atoms with E-state index in [4.69, 9.17) is 10.6 Å². The van der Waals surface area contributed by atoms with Crippen LogP contribution in [0, 0.1) is 5.92 Å². The fraction of sp³-hybridized carbons (Fsp3) is 1.00. The number of hydrazine groups is 1. The highest BCUT2D eigenvalue weighted by atomic mass is 16.5. The summed E-state index contributed by atoms with van der Waals surface area (Å²) >= 11 is 0. The topological polar surface area (TPSA) is 47.3 Å². The van der Waals surface area contributed by atoms with Crippen molar-refractivity contribution in [2.45, 2.75) is 38.8 Å². The molecule has 0 saturated carbocycles. The van der Waals surface area contributed by atoms with Gasteiger partial charge in [0.25, 0.3) is 0 Å². The van der Waals surface area contributed by atoms with Gasteiger partial charge < -0.3 is 4.74 Å². The summed E-state index contributed by atoms with van der Waals surface area (Å²) in [4.78, 5) is 0. The lowest BCUT2D eigenvalue weighted by atomic mass is 9.96. The Kier molecular flexibility index (Phi) is 3.30. The maximum atomic E-state index is 5.58. The molecule has 1 aliphatic heterocycles. The van der Waals surface area contributed by atoms with Crippen molar-refractivity contribution in [3.63, 3.8) is 0 Å². The zero-order valence-corrected chi connectivity index (χ0v) is 7.34. The van der Waals surface area contributed by atoms with E-state index in [0.717, 1.165) is 19.4 Å². The zero-order valence-electron chi connectivity index (χ0n) is 7.34. The van der Waals surface area contributed by atoms with Gasteiger partial charge in [-0.2, -0.15) is 0 Å². The van der Waals surface area contributed by atoms with Crippen LogP contribution in [0.2, 0.25) is 0 Å². The molecular weight excluding hydrogens is 140 g/mol. The molecule has 1 heterocycles. The first kappa shape index (κ1) is 8.97. The standard InChI is InChI=1S/C8H18N2O/c1-6(2)8-5-7(10-9)3-4-11-8/h6-8,10H,3-5,9H2,1-2H3. The largest absolute Gasteiger partial charge is 0.378 e. The molecule has 0 spiro atoms. The normalized spacial score (nSPS) is 32.7.